The largest absolute Gasteiger partial charge is 0.490 e. The number of aromatic nitrogens is 1. The van der Waals surface area contributed by atoms with E-state index in [0.717, 1.165) is 30.2 Å². The van der Waals surface area contributed by atoms with E-state index in [0.29, 0.717) is 11.3 Å². The molecule has 0 radical (unpaired) electrons. The molecule has 4 rings (SSSR count). The average Bonchev–Trinajstić information content (AvgIpc) is 3.42. The molecule has 2 amide bonds. The number of carbonyl (C=O) groups excluding carboxylic acids is 2. The van der Waals surface area contributed by atoms with Gasteiger partial charge in [0.15, 0.2) is 5.13 Å². The van der Waals surface area contributed by atoms with Crippen LogP contribution in [0.15, 0.2) is 36.5 Å². The van der Waals surface area contributed by atoms with E-state index in [4.69, 9.17) is 10.5 Å². The van der Waals surface area contributed by atoms with E-state index in [1.165, 1.54) is 30.5 Å². The number of carbonyl (C=O) groups is 2. The topological polar surface area (TPSA) is 106 Å². The second-order valence-electron chi connectivity index (χ2n) is 7.08. The molecule has 31 heavy (non-hydrogen) atoms. The van der Waals surface area contributed by atoms with Crippen LogP contribution in [-0.2, 0) is 0 Å². The summed E-state index contributed by atoms with van der Waals surface area (Å²) in [6.45, 7) is 1.58. The van der Waals surface area contributed by atoms with Crippen molar-refractivity contribution in [2.24, 2.45) is 0 Å². The molecule has 0 unspecified atom stereocenters. The lowest BCUT2D eigenvalue weighted by Gasteiger charge is -2.13. The quantitative estimate of drug-likeness (QED) is 0.524. The first-order valence-corrected chi connectivity index (χ1v) is 10.2. The maximum absolute atomic E-state index is 14.5. The monoisotopic (exact) mass is 444 g/mol. The summed E-state index contributed by atoms with van der Waals surface area (Å²) < 4.78 is 34.3. The summed E-state index contributed by atoms with van der Waals surface area (Å²) in [5.74, 6) is -2.48. The highest BCUT2D eigenvalue weighted by atomic mass is 32.1. The van der Waals surface area contributed by atoms with Crippen LogP contribution in [0.5, 0.6) is 5.75 Å². The molecule has 1 aliphatic rings. The SMILES string of the molecule is Cc1cc(F)c(C(=O)Nc2ccc(OC3CC3)cc2F)cc1NC(=O)c1cnc(N)s1. The Bertz CT molecular complexity index is 1180. The van der Waals surface area contributed by atoms with E-state index in [2.05, 4.69) is 15.6 Å². The predicted molar refractivity (Wildman–Crippen MR) is 114 cm³/mol. The molecule has 1 heterocycles. The third-order valence-corrected chi connectivity index (χ3v) is 5.40. The first-order valence-electron chi connectivity index (χ1n) is 9.40. The molecule has 0 atom stereocenters. The van der Waals surface area contributed by atoms with Crippen LogP contribution >= 0.6 is 11.3 Å². The normalized spacial score (nSPS) is 13.0. The molecule has 0 bridgehead atoms. The Balaban J connectivity index is 1.52. The standard InChI is InChI=1S/C21H18F2N4O3S/c1-10-6-14(22)13(8-17(10)27-20(29)18-9-25-21(24)31-18)19(28)26-16-5-4-12(7-15(16)23)30-11-2-3-11/h4-9,11H,2-3H2,1H3,(H2,24,25)(H,26,28)(H,27,29). The van der Waals surface area contributed by atoms with Gasteiger partial charge >= 0.3 is 0 Å². The van der Waals surface area contributed by atoms with Crippen LogP contribution in [0.3, 0.4) is 0 Å². The highest BCUT2D eigenvalue weighted by molar-refractivity contribution is 7.17. The van der Waals surface area contributed by atoms with E-state index in [9.17, 15) is 18.4 Å². The van der Waals surface area contributed by atoms with Gasteiger partial charge in [0, 0.05) is 11.8 Å². The van der Waals surface area contributed by atoms with Crippen molar-refractivity contribution < 1.29 is 23.1 Å². The first kappa shape index (κ1) is 20.7. The number of ether oxygens (including phenoxy) is 1. The number of benzene rings is 2. The summed E-state index contributed by atoms with van der Waals surface area (Å²) in [7, 11) is 0. The molecule has 0 spiro atoms. The van der Waals surface area contributed by atoms with Gasteiger partial charge in [-0.15, -0.1) is 0 Å². The van der Waals surface area contributed by atoms with Crippen molar-refractivity contribution in [1.29, 1.82) is 0 Å². The number of aryl methyl sites for hydroxylation is 1. The number of hydrogen-bond donors (Lipinski definition) is 3. The van der Waals surface area contributed by atoms with Gasteiger partial charge in [0.1, 0.15) is 22.3 Å². The van der Waals surface area contributed by atoms with E-state index >= 15 is 0 Å². The molecule has 0 aliphatic heterocycles. The van der Waals surface area contributed by atoms with Crippen molar-refractivity contribution in [2.75, 3.05) is 16.4 Å². The maximum atomic E-state index is 14.5. The average molecular weight is 444 g/mol. The van der Waals surface area contributed by atoms with E-state index in [1.54, 1.807) is 6.92 Å². The van der Waals surface area contributed by atoms with Crippen LogP contribution in [0.4, 0.5) is 25.3 Å². The van der Waals surface area contributed by atoms with E-state index < -0.39 is 23.4 Å². The van der Waals surface area contributed by atoms with Gasteiger partial charge in [-0.1, -0.05) is 11.3 Å². The van der Waals surface area contributed by atoms with Crippen LogP contribution in [0, 0.1) is 18.6 Å². The summed E-state index contributed by atoms with van der Waals surface area (Å²) in [6, 6.07) is 6.38. The van der Waals surface area contributed by atoms with Crippen LogP contribution in [0.25, 0.3) is 0 Å². The molecule has 4 N–H and O–H groups in total. The number of thiazole rings is 1. The van der Waals surface area contributed by atoms with Gasteiger partial charge in [-0.3, -0.25) is 9.59 Å². The maximum Gasteiger partial charge on any atom is 0.267 e. The second-order valence-corrected chi connectivity index (χ2v) is 8.14. The van der Waals surface area contributed by atoms with Crippen molar-refractivity contribution in [3.05, 3.63) is 64.2 Å². The number of amides is 2. The molecule has 0 saturated heterocycles. The smallest absolute Gasteiger partial charge is 0.267 e. The third-order valence-electron chi connectivity index (χ3n) is 4.57. The molecular formula is C21H18F2N4O3S. The van der Waals surface area contributed by atoms with Crippen molar-refractivity contribution in [3.8, 4) is 5.75 Å². The Morgan fingerprint density at radius 2 is 1.84 bits per heavy atom. The van der Waals surface area contributed by atoms with Crippen LogP contribution in [-0.4, -0.2) is 22.9 Å². The summed E-state index contributed by atoms with van der Waals surface area (Å²) in [6.07, 6.45) is 3.29. The van der Waals surface area contributed by atoms with Crippen LogP contribution < -0.4 is 21.1 Å². The Morgan fingerprint density at radius 1 is 1.10 bits per heavy atom. The number of nitrogens with zero attached hydrogens (tertiary/aromatic N) is 1. The molecular weight excluding hydrogens is 426 g/mol. The second kappa shape index (κ2) is 8.31. The molecule has 1 aliphatic carbocycles. The molecule has 160 valence electrons. The fourth-order valence-electron chi connectivity index (χ4n) is 2.80. The van der Waals surface area contributed by atoms with Gasteiger partial charge in [0.2, 0.25) is 0 Å². The number of nitrogens with one attached hydrogen (secondary N) is 2. The Labute approximate surface area is 180 Å². The molecule has 1 saturated carbocycles. The van der Waals surface area contributed by atoms with Gasteiger partial charge in [0.05, 0.1) is 23.6 Å². The minimum atomic E-state index is -0.857. The summed E-state index contributed by atoms with van der Waals surface area (Å²) in [5.41, 5.74) is 5.72. The van der Waals surface area contributed by atoms with Crippen molar-refractivity contribution in [2.45, 2.75) is 25.9 Å². The third kappa shape index (κ3) is 4.80. The van der Waals surface area contributed by atoms with E-state index in [-0.39, 0.29) is 33.1 Å². The molecule has 2 aromatic carbocycles. The summed E-state index contributed by atoms with van der Waals surface area (Å²) in [5, 5.41) is 5.19. The van der Waals surface area contributed by atoms with Crippen LogP contribution in [0.2, 0.25) is 0 Å². The number of hydrogen-bond acceptors (Lipinski definition) is 6. The Kier molecular flexibility index (Phi) is 5.55. The molecule has 1 fully saturated rings. The van der Waals surface area contributed by atoms with E-state index in [1.807, 2.05) is 0 Å². The molecule has 1 aromatic heterocycles. The molecule has 3 aromatic rings. The zero-order valence-electron chi connectivity index (χ0n) is 16.4. The Morgan fingerprint density at radius 3 is 2.48 bits per heavy atom. The number of nitrogen functional groups attached to an aromatic ring is 1. The fraction of sp³-hybridized carbons (Fsp3) is 0.190. The minimum Gasteiger partial charge on any atom is -0.490 e. The lowest BCUT2D eigenvalue weighted by molar-refractivity contribution is 0.101. The zero-order chi connectivity index (χ0) is 22.1. The Hall–Kier alpha value is -3.53. The van der Waals surface area contributed by atoms with Gasteiger partial charge in [-0.2, -0.15) is 0 Å². The highest BCUT2D eigenvalue weighted by Gasteiger charge is 2.24. The molecule has 10 heteroatoms. The van der Waals surface area contributed by atoms with Crippen molar-refractivity contribution >= 4 is 39.7 Å². The number of rotatable bonds is 6. The predicted octanol–water partition coefficient (Wildman–Crippen LogP) is 4.36. The fourth-order valence-corrected chi connectivity index (χ4v) is 3.38. The van der Waals surface area contributed by atoms with Gasteiger partial charge in [0.25, 0.3) is 11.8 Å². The first-order chi connectivity index (χ1) is 14.8. The van der Waals surface area contributed by atoms with Gasteiger partial charge in [-0.05, 0) is 49.6 Å². The lowest BCUT2D eigenvalue weighted by atomic mass is 10.1. The van der Waals surface area contributed by atoms with Gasteiger partial charge < -0.3 is 21.1 Å². The van der Waals surface area contributed by atoms with Gasteiger partial charge in [-0.25, -0.2) is 13.8 Å². The lowest BCUT2D eigenvalue weighted by Crippen LogP contribution is -2.17. The molecule has 7 nitrogen and oxygen atoms in total. The van der Waals surface area contributed by atoms with Crippen molar-refractivity contribution in [3.63, 3.8) is 0 Å². The number of nitrogens with two attached hydrogens (primary N) is 1. The number of anilines is 3. The summed E-state index contributed by atoms with van der Waals surface area (Å²) >= 11 is 0.996. The van der Waals surface area contributed by atoms with Crippen molar-refractivity contribution in [1.82, 2.24) is 4.98 Å². The highest BCUT2D eigenvalue weighted by Crippen LogP contribution is 2.29. The minimum absolute atomic E-state index is 0.108. The summed E-state index contributed by atoms with van der Waals surface area (Å²) in [4.78, 5) is 29.0. The number of halogens is 2. The van der Waals surface area contributed by atoms with Crippen LogP contribution in [0.1, 0.15) is 38.4 Å². The zero-order valence-corrected chi connectivity index (χ0v) is 17.2.